The maximum absolute atomic E-state index is 12.9. The Kier molecular flexibility index (Phi) is 5.76. The lowest BCUT2D eigenvalue weighted by Crippen LogP contribution is -2.49. The molecule has 0 spiro atoms. The van der Waals surface area contributed by atoms with Gasteiger partial charge in [0.2, 0.25) is 5.91 Å². The van der Waals surface area contributed by atoms with Gasteiger partial charge in [0.15, 0.2) is 15.0 Å². The number of carbonyl (C=O) groups is 1. The molecule has 132 valence electrons. The van der Waals surface area contributed by atoms with Crippen molar-refractivity contribution in [3.05, 3.63) is 18.5 Å². The topological polar surface area (TPSA) is 80.2 Å². The lowest BCUT2D eigenvalue weighted by Gasteiger charge is -2.38. The summed E-state index contributed by atoms with van der Waals surface area (Å²) in [5, 5.41) is 0.577. The molecule has 1 saturated heterocycles. The summed E-state index contributed by atoms with van der Waals surface area (Å²) < 4.78 is 23.7. The summed E-state index contributed by atoms with van der Waals surface area (Å²) in [4.78, 5) is 23.0. The van der Waals surface area contributed by atoms with Crippen molar-refractivity contribution in [2.75, 3.05) is 17.3 Å². The first-order valence-corrected chi connectivity index (χ1v) is 11.3. The minimum absolute atomic E-state index is 0.0152. The van der Waals surface area contributed by atoms with Crippen molar-refractivity contribution in [1.29, 1.82) is 0 Å². The quantitative estimate of drug-likeness (QED) is 0.583. The Morgan fingerprint density at radius 2 is 1.83 bits per heavy atom. The number of rotatable bonds is 5. The molecule has 0 radical (unpaired) electrons. The third-order valence-electron chi connectivity index (χ3n) is 4.72. The summed E-state index contributed by atoms with van der Waals surface area (Å²) in [6.07, 6.45) is 9.27. The Morgan fingerprint density at radius 1 is 1.12 bits per heavy atom. The second kappa shape index (κ2) is 7.82. The smallest absolute Gasteiger partial charge is 0.233 e. The number of hydrogen-bond acceptors (Lipinski definition) is 6. The Labute approximate surface area is 147 Å². The first kappa shape index (κ1) is 17.7. The Balaban J connectivity index is 1.69. The predicted molar refractivity (Wildman–Crippen MR) is 93.5 cm³/mol. The Morgan fingerprint density at radius 3 is 2.46 bits per heavy atom. The Hall–Kier alpha value is -1.15. The van der Waals surface area contributed by atoms with E-state index in [0.717, 1.165) is 25.7 Å². The summed E-state index contributed by atoms with van der Waals surface area (Å²) in [6.45, 7) is 0. The van der Waals surface area contributed by atoms with Crippen LogP contribution < -0.4 is 0 Å². The lowest BCUT2D eigenvalue weighted by molar-refractivity contribution is -0.133. The predicted octanol–water partition coefficient (Wildman–Crippen LogP) is 1.92. The fourth-order valence-electron chi connectivity index (χ4n) is 3.62. The van der Waals surface area contributed by atoms with Crippen LogP contribution in [0, 0.1) is 0 Å². The fraction of sp³-hybridized carbons (Fsp3) is 0.688. The van der Waals surface area contributed by atoms with E-state index in [0.29, 0.717) is 11.6 Å². The van der Waals surface area contributed by atoms with Crippen LogP contribution in [0.3, 0.4) is 0 Å². The van der Waals surface area contributed by atoms with E-state index in [2.05, 4.69) is 9.97 Å². The van der Waals surface area contributed by atoms with Gasteiger partial charge in [-0.25, -0.2) is 18.4 Å². The van der Waals surface area contributed by atoms with E-state index in [1.54, 1.807) is 18.5 Å². The molecule has 1 aliphatic heterocycles. The average molecular weight is 370 g/mol. The summed E-state index contributed by atoms with van der Waals surface area (Å²) in [6, 6.07) is 1.76. The van der Waals surface area contributed by atoms with Crippen LogP contribution in [-0.4, -0.2) is 58.5 Å². The average Bonchev–Trinajstić information content (AvgIpc) is 2.95. The monoisotopic (exact) mass is 369 g/mol. The molecule has 6 nitrogen and oxygen atoms in total. The van der Waals surface area contributed by atoms with Crippen LogP contribution in [0.1, 0.15) is 38.5 Å². The van der Waals surface area contributed by atoms with Gasteiger partial charge in [-0.3, -0.25) is 4.79 Å². The minimum Gasteiger partial charge on any atom is -0.335 e. The van der Waals surface area contributed by atoms with Gasteiger partial charge in [-0.1, -0.05) is 31.0 Å². The number of thioether (sulfide) groups is 1. The zero-order valence-electron chi connectivity index (χ0n) is 13.6. The molecule has 1 aromatic rings. The number of nitrogens with zero attached hydrogens (tertiary/aromatic N) is 3. The molecule has 2 fully saturated rings. The van der Waals surface area contributed by atoms with E-state index in [1.165, 1.54) is 18.2 Å². The highest BCUT2D eigenvalue weighted by atomic mass is 32.2. The lowest BCUT2D eigenvalue weighted by atomic mass is 9.93. The number of carbonyl (C=O) groups excluding carboxylic acids is 1. The van der Waals surface area contributed by atoms with Gasteiger partial charge in [0.25, 0.3) is 0 Å². The van der Waals surface area contributed by atoms with Gasteiger partial charge in [0.05, 0.1) is 17.3 Å². The summed E-state index contributed by atoms with van der Waals surface area (Å²) >= 11 is 1.32. The SMILES string of the molecule is O=C(CSc1ncccn1)N(C1CCCCC1)[C@H]1CCS(=O)(=O)C1. The molecule has 0 bridgehead atoms. The van der Waals surface area contributed by atoms with E-state index in [-0.39, 0.29) is 35.2 Å². The second-order valence-corrected chi connectivity index (χ2v) is 9.64. The van der Waals surface area contributed by atoms with E-state index in [9.17, 15) is 13.2 Å². The number of hydrogen-bond donors (Lipinski definition) is 0. The van der Waals surface area contributed by atoms with Gasteiger partial charge >= 0.3 is 0 Å². The van der Waals surface area contributed by atoms with Crippen LogP contribution in [0.5, 0.6) is 0 Å². The minimum atomic E-state index is -3.01. The van der Waals surface area contributed by atoms with Crippen molar-refractivity contribution >= 4 is 27.5 Å². The molecule has 1 aromatic heterocycles. The van der Waals surface area contributed by atoms with Crippen molar-refractivity contribution in [1.82, 2.24) is 14.9 Å². The molecule has 0 unspecified atom stereocenters. The van der Waals surface area contributed by atoms with Crippen LogP contribution >= 0.6 is 11.8 Å². The van der Waals surface area contributed by atoms with Crippen LogP contribution in [0.4, 0.5) is 0 Å². The van der Waals surface area contributed by atoms with Crippen LogP contribution in [0.15, 0.2) is 23.6 Å². The number of sulfone groups is 1. The summed E-state index contributed by atoms with van der Waals surface area (Å²) in [5.74, 6) is 0.587. The first-order valence-electron chi connectivity index (χ1n) is 8.46. The van der Waals surface area contributed by atoms with Gasteiger partial charge in [-0.2, -0.15) is 0 Å². The van der Waals surface area contributed by atoms with Crippen molar-refractivity contribution in [2.24, 2.45) is 0 Å². The molecule has 24 heavy (non-hydrogen) atoms. The third kappa shape index (κ3) is 4.47. The van der Waals surface area contributed by atoms with Crippen LogP contribution in [0.2, 0.25) is 0 Å². The molecular formula is C16H23N3O3S2. The Bertz CT molecular complexity index is 660. The largest absolute Gasteiger partial charge is 0.335 e. The third-order valence-corrected chi connectivity index (χ3v) is 7.34. The van der Waals surface area contributed by atoms with E-state index in [1.807, 2.05) is 4.90 Å². The van der Waals surface area contributed by atoms with Gasteiger partial charge in [0.1, 0.15) is 0 Å². The zero-order valence-corrected chi connectivity index (χ0v) is 15.3. The van der Waals surface area contributed by atoms with Crippen LogP contribution in [-0.2, 0) is 14.6 Å². The van der Waals surface area contributed by atoms with Gasteiger partial charge in [-0.15, -0.1) is 0 Å². The number of aromatic nitrogens is 2. The molecule has 1 atom stereocenters. The molecule has 3 rings (SSSR count). The van der Waals surface area contributed by atoms with Crippen LogP contribution in [0.25, 0.3) is 0 Å². The van der Waals surface area contributed by atoms with Crippen molar-refractivity contribution in [3.63, 3.8) is 0 Å². The van der Waals surface area contributed by atoms with Gasteiger partial charge in [-0.05, 0) is 25.3 Å². The highest BCUT2D eigenvalue weighted by molar-refractivity contribution is 7.99. The molecular weight excluding hydrogens is 346 g/mol. The zero-order chi connectivity index (χ0) is 17.0. The normalized spacial score (nSPS) is 23.9. The second-order valence-electron chi connectivity index (χ2n) is 6.47. The standard InChI is InChI=1S/C16H23N3O3S2/c20-15(11-23-16-17-8-4-9-18-16)19(13-5-2-1-3-6-13)14-7-10-24(21,22)12-14/h4,8-9,13-14H,1-3,5-7,10-12H2/t14-/m0/s1. The van der Waals surface area contributed by atoms with Gasteiger partial charge in [0, 0.05) is 24.5 Å². The molecule has 1 amide bonds. The fourth-order valence-corrected chi connectivity index (χ4v) is 6.00. The molecule has 1 aliphatic carbocycles. The maximum atomic E-state index is 12.9. The number of amides is 1. The van der Waals surface area contributed by atoms with E-state index < -0.39 is 9.84 Å². The molecule has 0 aromatic carbocycles. The summed E-state index contributed by atoms with van der Waals surface area (Å²) in [5.41, 5.74) is 0. The first-order chi connectivity index (χ1) is 11.6. The van der Waals surface area contributed by atoms with Gasteiger partial charge < -0.3 is 4.90 Å². The molecule has 1 saturated carbocycles. The molecule has 2 heterocycles. The highest BCUT2D eigenvalue weighted by Crippen LogP contribution is 2.29. The van der Waals surface area contributed by atoms with Crippen molar-refractivity contribution in [2.45, 2.75) is 55.8 Å². The summed E-state index contributed by atoms with van der Waals surface area (Å²) in [7, 11) is -3.01. The van der Waals surface area contributed by atoms with E-state index >= 15 is 0 Å². The van der Waals surface area contributed by atoms with E-state index in [4.69, 9.17) is 0 Å². The van der Waals surface area contributed by atoms with Crippen molar-refractivity contribution < 1.29 is 13.2 Å². The molecule has 8 heteroatoms. The highest BCUT2D eigenvalue weighted by Gasteiger charge is 2.38. The maximum Gasteiger partial charge on any atom is 0.233 e. The molecule has 0 N–H and O–H groups in total. The molecule has 2 aliphatic rings. The van der Waals surface area contributed by atoms with Crippen molar-refractivity contribution in [3.8, 4) is 0 Å².